The Morgan fingerprint density at radius 2 is 1.65 bits per heavy atom. The standard InChI is InChI=1S/C13H10F3N/c1-9-7-11(10-5-3-2-4-6-10)17-12(8-9)13(14,15)16/h2-8H,1H3. The minimum Gasteiger partial charge on any atom is -0.243 e. The molecule has 4 heteroatoms. The summed E-state index contributed by atoms with van der Waals surface area (Å²) in [6.45, 7) is 1.63. The van der Waals surface area contributed by atoms with Crippen molar-refractivity contribution in [2.24, 2.45) is 0 Å². The van der Waals surface area contributed by atoms with Crippen molar-refractivity contribution in [3.8, 4) is 11.3 Å². The van der Waals surface area contributed by atoms with E-state index in [9.17, 15) is 13.2 Å². The van der Waals surface area contributed by atoms with Crippen LogP contribution in [0.2, 0.25) is 0 Å². The Hall–Kier alpha value is -1.84. The fourth-order valence-electron chi connectivity index (χ4n) is 1.57. The third-order valence-corrected chi connectivity index (χ3v) is 2.33. The molecule has 0 aliphatic carbocycles. The number of rotatable bonds is 1. The molecule has 1 aromatic heterocycles. The highest BCUT2D eigenvalue weighted by molar-refractivity contribution is 5.59. The second-order valence-electron chi connectivity index (χ2n) is 3.78. The van der Waals surface area contributed by atoms with E-state index >= 15 is 0 Å². The molecule has 1 heterocycles. The fourth-order valence-corrected chi connectivity index (χ4v) is 1.57. The van der Waals surface area contributed by atoms with Gasteiger partial charge in [-0.1, -0.05) is 30.3 Å². The zero-order valence-corrected chi connectivity index (χ0v) is 9.12. The summed E-state index contributed by atoms with van der Waals surface area (Å²) in [5.41, 5.74) is 0.724. The van der Waals surface area contributed by atoms with Crippen molar-refractivity contribution < 1.29 is 13.2 Å². The molecule has 1 aromatic carbocycles. The van der Waals surface area contributed by atoms with Gasteiger partial charge >= 0.3 is 6.18 Å². The maximum absolute atomic E-state index is 12.6. The van der Waals surface area contributed by atoms with Crippen LogP contribution in [0.3, 0.4) is 0 Å². The lowest BCUT2D eigenvalue weighted by molar-refractivity contribution is -0.141. The number of hydrogen-bond donors (Lipinski definition) is 0. The molecular weight excluding hydrogens is 227 g/mol. The smallest absolute Gasteiger partial charge is 0.243 e. The molecule has 0 atom stereocenters. The maximum atomic E-state index is 12.6. The first-order chi connectivity index (χ1) is 7.97. The Morgan fingerprint density at radius 1 is 1.00 bits per heavy atom. The molecule has 0 radical (unpaired) electrons. The Morgan fingerprint density at radius 3 is 2.24 bits per heavy atom. The summed E-state index contributed by atoms with van der Waals surface area (Å²) < 4.78 is 37.8. The van der Waals surface area contributed by atoms with Crippen molar-refractivity contribution in [2.45, 2.75) is 13.1 Å². The van der Waals surface area contributed by atoms with Crippen LogP contribution in [0.4, 0.5) is 13.2 Å². The molecule has 2 rings (SSSR count). The molecule has 0 N–H and O–H groups in total. The third kappa shape index (κ3) is 2.64. The summed E-state index contributed by atoms with van der Waals surface area (Å²) in [4.78, 5) is 3.65. The second kappa shape index (κ2) is 4.20. The first-order valence-electron chi connectivity index (χ1n) is 5.08. The van der Waals surface area contributed by atoms with Gasteiger partial charge in [-0.25, -0.2) is 4.98 Å². The highest BCUT2D eigenvalue weighted by atomic mass is 19.4. The van der Waals surface area contributed by atoms with Crippen LogP contribution in [0.15, 0.2) is 42.5 Å². The van der Waals surface area contributed by atoms with Crippen LogP contribution in [0.25, 0.3) is 11.3 Å². The first kappa shape index (κ1) is 11.6. The molecule has 2 aromatic rings. The van der Waals surface area contributed by atoms with Gasteiger partial charge in [-0.2, -0.15) is 13.2 Å². The Labute approximate surface area is 96.9 Å². The number of hydrogen-bond acceptors (Lipinski definition) is 1. The average Bonchev–Trinajstić information content (AvgIpc) is 2.28. The van der Waals surface area contributed by atoms with Crippen molar-refractivity contribution >= 4 is 0 Å². The number of aryl methyl sites for hydroxylation is 1. The van der Waals surface area contributed by atoms with E-state index in [1.165, 1.54) is 0 Å². The first-order valence-corrected chi connectivity index (χ1v) is 5.08. The zero-order chi connectivity index (χ0) is 12.5. The van der Waals surface area contributed by atoms with Crippen LogP contribution in [-0.2, 0) is 6.18 Å². The van der Waals surface area contributed by atoms with E-state index in [2.05, 4.69) is 4.98 Å². The molecule has 0 bridgehead atoms. The minimum absolute atomic E-state index is 0.345. The van der Waals surface area contributed by atoms with Crippen molar-refractivity contribution in [1.82, 2.24) is 4.98 Å². The average molecular weight is 237 g/mol. The second-order valence-corrected chi connectivity index (χ2v) is 3.78. The van der Waals surface area contributed by atoms with Crippen LogP contribution in [0.5, 0.6) is 0 Å². The number of benzene rings is 1. The lowest BCUT2D eigenvalue weighted by atomic mass is 10.1. The molecule has 0 amide bonds. The summed E-state index contributed by atoms with van der Waals surface area (Å²) in [5, 5.41) is 0. The van der Waals surface area contributed by atoms with Gasteiger partial charge in [0, 0.05) is 5.56 Å². The molecule has 0 unspecified atom stereocenters. The van der Waals surface area contributed by atoms with E-state index in [-0.39, 0.29) is 0 Å². The fraction of sp³-hybridized carbons (Fsp3) is 0.154. The summed E-state index contributed by atoms with van der Waals surface area (Å²) in [5.74, 6) is 0. The maximum Gasteiger partial charge on any atom is 0.433 e. The third-order valence-electron chi connectivity index (χ3n) is 2.33. The lowest BCUT2D eigenvalue weighted by Gasteiger charge is -2.09. The van der Waals surface area contributed by atoms with Gasteiger partial charge in [-0.3, -0.25) is 0 Å². The largest absolute Gasteiger partial charge is 0.433 e. The van der Waals surface area contributed by atoms with Gasteiger partial charge in [0.2, 0.25) is 0 Å². The van der Waals surface area contributed by atoms with Crippen molar-refractivity contribution in [3.05, 3.63) is 53.7 Å². The van der Waals surface area contributed by atoms with E-state index in [1.54, 1.807) is 37.3 Å². The van der Waals surface area contributed by atoms with Gasteiger partial charge in [-0.15, -0.1) is 0 Å². The molecule has 0 saturated heterocycles. The van der Waals surface area contributed by atoms with E-state index < -0.39 is 11.9 Å². The highest BCUT2D eigenvalue weighted by Gasteiger charge is 2.32. The molecule has 0 aliphatic heterocycles. The Bertz CT molecular complexity index is 518. The lowest BCUT2D eigenvalue weighted by Crippen LogP contribution is -2.08. The summed E-state index contributed by atoms with van der Waals surface area (Å²) >= 11 is 0. The minimum atomic E-state index is -4.41. The van der Waals surface area contributed by atoms with Gasteiger partial charge in [0.05, 0.1) is 5.69 Å². The summed E-state index contributed by atoms with van der Waals surface area (Å²) in [6, 6.07) is 11.5. The molecule has 1 nitrogen and oxygen atoms in total. The van der Waals surface area contributed by atoms with Crippen LogP contribution >= 0.6 is 0 Å². The van der Waals surface area contributed by atoms with E-state index in [1.807, 2.05) is 6.07 Å². The number of nitrogens with zero attached hydrogens (tertiary/aromatic N) is 1. The quantitative estimate of drug-likeness (QED) is 0.728. The Kier molecular flexibility index (Phi) is 2.88. The molecule has 88 valence electrons. The SMILES string of the molecule is Cc1cc(-c2ccccc2)nc(C(F)(F)F)c1. The predicted octanol–water partition coefficient (Wildman–Crippen LogP) is 4.08. The predicted molar refractivity (Wildman–Crippen MR) is 59.4 cm³/mol. The van der Waals surface area contributed by atoms with Crippen LogP contribution in [-0.4, -0.2) is 4.98 Å². The Balaban J connectivity index is 2.54. The van der Waals surface area contributed by atoms with Crippen molar-refractivity contribution in [2.75, 3.05) is 0 Å². The summed E-state index contributed by atoms with van der Waals surface area (Å²) in [6.07, 6.45) is -4.41. The number of halogens is 3. The molecule has 0 aliphatic rings. The highest BCUT2D eigenvalue weighted by Crippen LogP contribution is 2.30. The molecule has 0 saturated carbocycles. The van der Waals surface area contributed by atoms with Crippen LogP contribution in [0, 0.1) is 6.92 Å². The van der Waals surface area contributed by atoms with E-state index in [0.29, 0.717) is 16.8 Å². The van der Waals surface area contributed by atoms with Crippen LogP contribution < -0.4 is 0 Å². The number of aromatic nitrogens is 1. The van der Waals surface area contributed by atoms with E-state index in [4.69, 9.17) is 0 Å². The molecule has 0 spiro atoms. The monoisotopic (exact) mass is 237 g/mol. The molecule has 0 fully saturated rings. The van der Waals surface area contributed by atoms with Gasteiger partial charge in [0.25, 0.3) is 0 Å². The van der Waals surface area contributed by atoms with E-state index in [0.717, 1.165) is 6.07 Å². The van der Waals surface area contributed by atoms with Crippen molar-refractivity contribution in [3.63, 3.8) is 0 Å². The van der Waals surface area contributed by atoms with Gasteiger partial charge in [0.1, 0.15) is 5.69 Å². The summed E-state index contributed by atoms with van der Waals surface area (Å²) in [7, 11) is 0. The van der Waals surface area contributed by atoms with Crippen molar-refractivity contribution in [1.29, 1.82) is 0 Å². The molecular formula is C13H10F3N. The van der Waals surface area contributed by atoms with Gasteiger partial charge in [0.15, 0.2) is 0 Å². The zero-order valence-electron chi connectivity index (χ0n) is 9.12. The van der Waals surface area contributed by atoms with Gasteiger partial charge < -0.3 is 0 Å². The molecule has 17 heavy (non-hydrogen) atoms. The number of alkyl halides is 3. The van der Waals surface area contributed by atoms with Crippen LogP contribution in [0.1, 0.15) is 11.3 Å². The van der Waals surface area contributed by atoms with Gasteiger partial charge in [-0.05, 0) is 24.6 Å². The topological polar surface area (TPSA) is 12.9 Å². The number of pyridine rings is 1. The normalized spacial score (nSPS) is 11.5.